The third-order valence-corrected chi connectivity index (χ3v) is 2.69. The van der Waals surface area contributed by atoms with Crippen LogP contribution in [0.3, 0.4) is 0 Å². The van der Waals surface area contributed by atoms with Gasteiger partial charge in [0.1, 0.15) is 11.6 Å². The molecule has 0 fully saturated rings. The van der Waals surface area contributed by atoms with Crippen LogP contribution in [0, 0.1) is 13.8 Å². The Morgan fingerprint density at radius 2 is 2.06 bits per heavy atom. The van der Waals surface area contributed by atoms with E-state index in [0.29, 0.717) is 22.6 Å². The molecule has 0 atom stereocenters. The van der Waals surface area contributed by atoms with Gasteiger partial charge in [-0.3, -0.25) is 0 Å². The van der Waals surface area contributed by atoms with Gasteiger partial charge in [0.05, 0.1) is 0 Å². The van der Waals surface area contributed by atoms with Gasteiger partial charge in [-0.15, -0.1) is 0 Å². The van der Waals surface area contributed by atoms with Crippen molar-refractivity contribution in [1.29, 1.82) is 0 Å². The highest BCUT2D eigenvalue weighted by Crippen LogP contribution is 2.18. The fourth-order valence-electron chi connectivity index (χ4n) is 1.78. The Balaban J connectivity index is 2.30. The molecule has 0 spiro atoms. The number of anilines is 1. The molecular weight excluding hydrogens is 238 g/mol. The zero-order valence-corrected chi connectivity index (χ0v) is 10.2. The van der Waals surface area contributed by atoms with Crippen LogP contribution in [0.25, 0.3) is 0 Å². The van der Waals surface area contributed by atoms with Crippen molar-refractivity contribution < 1.29 is 8.78 Å². The number of aryl methyl sites for hydroxylation is 2. The molecular formula is C12H14F2N4. The van der Waals surface area contributed by atoms with Crippen molar-refractivity contribution in [3.8, 4) is 0 Å². The summed E-state index contributed by atoms with van der Waals surface area (Å²) in [5.41, 5.74) is 8.21. The van der Waals surface area contributed by atoms with Crippen molar-refractivity contribution in [2.24, 2.45) is 0 Å². The van der Waals surface area contributed by atoms with E-state index in [2.05, 4.69) is 10.1 Å². The Bertz CT molecular complexity index is 563. The van der Waals surface area contributed by atoms with Gasteiger partial charge in [-0.05, 0) is 31.0 Å². The summed E-state index contributed by atoms with van der Waals surface area (Å²) >= 11 is 0. The molecule has 2 rings (SSSR count). The van der Waals surface area contributed by atoms with Crippen LogP contribution >= 0.6 is 0 Å². The molecule has 4 nitrogen and oxygen atoms in total. The van der Waals surface area contributed by atoms with Crippen LogP contribution in [0.1, 0.15) is 29.3 Å². The maximum Gasteiger partial charge on any atom is 0.334 e. The molecule has 6 heteroatoms. The number of nitrogens with two attached hydrogens (primary N) is 1. The van der Waals surface area contributed by atoms with Gasteiger partial charge in [-0.1, -0.05) is 12.1 Å². The van der Waals surface area contributed by atoms with Crippen molar-refractivity contribution in [2.75, 3.05) is 5.73 Å². The molecule has 0 amide bonds. The van der Waals surface area contributed by atoms with E-state index in [0.717, 1.165) is 11.1 Å². The molecule has 1 aromatic heterocycles. The molecule has 0 saturated heterocycles. The maximum atomic E-state index is 12.7. The summed E-state index contributed by atoms with van der Waals surface area (Å²) in [6.07, 6.45) is 0.312. The van der Waals surface area contributed by atoms with Crippen molar-refractivity contribution in [2.45, 2.75) is 26.8 Å². The highest BCUT2D eigenvalue weighted by atomic mass is 19.3. The summed E-state index contributed by atoms with van der Waals surface area (Å²) in [6, 6.07) is 5.44. The van der Waals surface area contributed by atoms with Gasteiger partial charge in [0.25, 0.3) is 0 Å². The quantitative estimate of drug-likeness (QED) is 0.854. The van der Waals surface area contributed by atoms with Gasteiger partial charge in [0, 0.05) is 12.1 Å². The fourth-order valence-corrected chi connectivity index (χ4v) is 1.78. The molecule has 0 unspecified atom stereocenters. The van der Waals surface area contributed by atoms with Gasteiger partial charge >= 0.3 is 6.55 Å². The average Bonchev–Trinajstić information content (AvgIpc) is 2.65. The van der Waals surface area contributed by atoms with Gasteiger partial charge in [0.15, 0.2) is 0 Å². The number of alkyl halides is 2. The van der Waals surface area contributed by atoms with Crippen LogP contribution < -0.4 is 5.73 Å². The lowest BCUT2D eigenvalue weighted by Crippen LogP contribution is -2.07. The van der Waals surface area contributed by atoms with E-state index in [1.54, 1.807) is 13.0 Å². The molecule has 0 bridgehead atoms. The number of rotatable bonds is 3. The monoisotopic (exact) mass is 252 g/mol. The number of nitrogen functional groups attached to an aromatic ring is 1. The van der Waals surface area contributed by atoms with E-state index >= 15 is 0 Å². The highest BCUT2D eigenvalue weighted by molar-refractivity contribution is 5.48. The Morgan fingerprint density at radius 3 is 2.67 bits per heavy atom. The minimum atomic E-state index is -2.67. The number of hydrogen-bond acceptors (Lipinski definition) is 3. The predicted molar refractivity (Wildman–Crippen MR) is 64.4 cm³/mol. The number of halogens is 2. The minimum Gasteiger partial charge on any atom is -0.399 e. The number of hydrogen-bond donors (Lipinski definition) is 1. The molecule has 0 aliphatic rings. The van der Waals surface area contributed by atoms with E-state index in [1.807, 2.05) is 19.1 Å². The summed E-state index contributed by atoms with van der Waals surface area (Å²) in [7, 11) is 0. The lowest BCUT2D eigenvalue weighted by Gasteiger charge is -2.06. The second-order valence-corrected chi connectivity index (χ2v) is 4.17. The summed E-state index contributed by atoms with van der Waals surface area (Å²) in [6.45, 7) is 0.800. The highest BCUT2D eigenvalue weighted by Gasteiger charge is 2.15. The zero-order valence-electron chi connectivity index (χ0n) is 10.2. The molecule has 2 N–H and O–H groups in total. The molecule has 2 aromatic rings. The molecule has 0 radical (unpaired) electrons. The summed E-state index contributed by atoms with van der Waals surface area (Å²) in [5.74, 6) is 0.601. The van der Waals surface area contributed by atoms with Gasteiger partial charge in [-0.25, -0.2) is 4.98 Å². The Morgan fingerprint density at radius 1 is 1.33 bits per heavy atom. The third-order valence-electron chi connectivity index (χ3n) is 2.69. The third kappa shape index (κ3) is 2.47. The summed E-state index contributed by atoms with van der Waals surface area (Å²) in [4.78, 5) is 4.02. The normalized spacial score (nSPS) is 11.2. The van der Waals surface area contributed by atoms with Crippen LogP contribution in [0.2, 0.25) is 0 Å². The van der Waals surface area contributed by atoms with E-state index < -0.39 is 6.55 Å². The first-order valence-electron chi connectivity index (χ1n) is 5.52. The van der Waals surface area contributed by atoms with Gasteiger partial charge in [0.2, 0.25) is 0 Å². The van der Waals surface area contributed by atoms with Crippen molar-refractivity contribution in [3.05, 3.63) is 41.0 Å². The summed E-state index contributed by atoms with van der Waals surface area (Å²) in [5, 5.41) is 3.68. The lowest BCUT2D eigenvalue weighted by atomic mass is 10.1. The predicted octanol–water partition coefficient (Wildman–Crippen LogP) is 2.46. The molecule has 0 aliphatic carbocycles. The van der Waals surface area contributed by atoms with E-state index in [-0.39, 0.29) is 5.82 Å². The van der Waals surface area contributed by atoms with E-state index in [4.69, 9.17) is 5.73 Å². The molecule has 0 saturated carbocycles. The van der Waals surface area contributed by atoms with Crippen LogP contribution in [0.4, 0.5) is 14.5 Å². The van der Waals surface area contributed by atoms with Crippen LogP contribution in [-0.2, 0) is 6.42 Å². The number of aromatic nitrogens is 3. The minimum absolute atomic E-state index is 0.256. The zero-order chi connectivity index (χ0) is 13.3. The molecule has 0 aliphatic heterocycles. The topological polar surface area (TPSA) is 56.7 Å². The maximum absolute atomic E-state index is 12.7. The second-order valence-electron chi connectivity index (χ2n) is 4.17. The smallest absolute Gasteiger partial charge is 0.334 e. The van der Waals surface area contributed by atoms with E-state index in [9.17, 15) is 8.78 Å². The first-order chi connectivity index (χ1) is 8.47. The number of benzene rings is 1. The standard InChI is InChI=1S/C12H14F2N4/c1-7-5-9(3-4-10(7)15)6-11-16-8(2)17-18(11)12(13)14/h3-5,12H,6,15H2,1-2H3. The Labute approximate surface area is 103 Å². The average molecular weight is 252 g/mol. The molecule has 1 aromatic carbocycles. The van der Waals surface area contributed by atoms with Crippen LogP contribution in [0.5, 0.6) is 0 Å². The van der Waals surface area contributed by atoms with Gasteiger partial charge in [-0.2, -0.15) is 18.6 Å². The van der Waals surface area contributed by atoms with Crippen LogP contribution in [0.15, 0.2) is 18.2 Å². The van der Waals surface area contributed by atoms with Crippen molar-refractivity contribution in [1.82, 2.24) is 14.8 Å². The fraction of sp³-hybridized carbons (Fsp3) is 0.333. The number of nitrogens with zero attached hydrogens (tertiary/aromatic N) is 3. The second kappa shape index (κ2) is 4.72. The Kier molecular flexibility index (Phi) is 3.27. The first-order valence-corrected chi connectivity index (χ1v) is 5.52. The molecule has 1 heterocycles. The largest absolute Gasteiger partial charge is 0.399 e. The van der Waals surface area contributed by atoms with Crippen molar-refractivity contribution >= 4 is 5.69 Å². The molecule has 18 heavy (non-hydrogen) atoms. The SMILES string of the molecule is Cc1nc(Cc2ccc(N)c(C)c2)n(C(F)F)n1. The first kappa shape index (κ1) is 12.5. The Hall–Kier alpha value is -1.98. The van der Waals surface area contributed by atoms with Gasteiger partial charge < -0.3 is 5.73 Å². The lowest BCUT2D eigenvalue weighted by molar-refractivity contribution is 0.0530. The molecule has 96 valence electrons. The van der Waals surface area contributed by atoms with Crippen molar-refractivity contribution in [3.63, 3.8) is 0 Å². The summed E-state index contributed by atoms with van der Waals surface area (Å²) < 4.78 is 26.1. The van der Waals surface area contributed by atoms with Crippen LogP contribution in [-0.4, -0.2) is 14.8 Å². The van der Waals surface area contributed by atoms with E-state index in [1.165, 1.54) is 0 Å².